The Kier molecular flexibility index (Phi) is 4.46. The van der Waals surface area contributed by atoms with Gasteiger partial charge in [0.15, 0.2) is 5.75 Å². The number of ether oxygens (including phenoxy) is 1. The van der Waals surface area contributed by atoms with Crippen LogP contribution in [-0.4, -0.2) is 16.6 Å². The summed E-state index contributed by atoms with van der Waals surface area (Å²) >= 11 is 0. The summed E-state index contributed by atoms with van der Waals surface area (Å²) in [7, 11) is 0. The predicted molar refractivity (Wildman–Crippen MR) is 70.7 cm³/mol. The van der Waals surface area contributed by atoms with Crippen molar-refractivity contribution in [3.63, 3.8) is 0 Å². The number of nitro benzene ring substituents is 1. The fraction of sp³-hybridized carbons (Fsp3) is 0.462. The highest BCUT2D eigenvalue weighted by molar-refractivity contribution is 5.48. The zero-order valence-corrected chi connectivity index (χ0v) is 11.2. The molecule has 0 saturated carbocycles. The maximum atomic E-state index is 10.9. The molecule has 2 atom stereocenters. The number of nitrogens with zero attached hydrogens (tertiary/aromatic N) is 2. The van der Waals surface area contributed by atoms with Gasteiger partial charge in [0.25, 0.3) is 0 Å². The van der Waals surface area contributed by atoms with Crippen LogP contribution in [0.15, 0.2) is 18.2 Å². The summed E-state index contributed by atoms with van der Waals surface area (Å²) in [5.74, 6) is 0.200. The van der Waals surface area contributed by atoms with Crippen molar-refractivity contribution < 1.29 is 9.66 Å². The van der Waals surface area contributed by atoms with E-state index in [9.17, 15) is 10.1 Å². The molecule has 0 aliphatic carbocycles. The molecular weight excluding hydrogens is 246 g/mol. The van der Waals surface area contributed by atoms with Crippen LogP contribution in [0.1, 0.15) is 25.8 Å². The highest BCUT2D eigenvalue weighted by Crippen LogP contribution is 2.29. The quantitative estimate of drug-likeness (QED) is 0.648. The first-order chi connectivity index (χ1) is 8.75. The molecule has 0 heterocycles. The van der Waals surface area contributed by atoms with E-state index in [1.807, 2.05) is 13.0 Å². The topological polar surface area (TPSA) is 102 Å². The minimum atomic E-state index is -1.02. The molecule has 2 unspecified atom stereocenters. The molecule has 102 valence electrons. The van der Waals surface area contributed by atoms with Crippen LogP contribution in [-0.2, 0) is 0 Å². The van der Waals surface area contributed by atoms with Gasteiger partial charge in [-0.15, -0.1) is 0 Å². The Morgan fingerprint density at radius 2 is 2.26 bits per heavy atom. The lowest BCUT2D eigenvalue weighted by molar-refractivity contribution is -0.386. The molecule has 1 rings (SSSR count). The van der Waals surface area contributed by atoms with Gasteiger partial charge < -0.3 is 10.5 Å². The van der Waals surface area contributed by atoms with E-state index in [4.69, 9.17) is 15.7 Å². The number of rotatable bonds is 5. The number of benzene rings is 1. The lowest BCUT2D eigenvalue weighted by Crippen LogP contribution is -2.38. The van der Waals surface area contributed by atoms with Crippen molar-refractivity contribution in [3.8, 4) is 11.8 Å². The SMILES string of the molecule is Cc1ccc([N+](=O)[O-])c(OC(C)CC(C)(N)C#N)c1. The second-order valence-corrected chi connectivity index (χ2v) is 4.89. The summed E-state index contributed by atoms with van der Waals surface area (Å²) in [6, 6.07) is 6.63. The Morgan fingerprint density at radius 3 is 2.79 bits per heavy atom. The molecule has 0 saturated heterocycles. The third kappa shape index (κ3) is 4.23. The van der Waals surface area contributed by atoms with E-state index >= 15 is 0 Å². The van der Waals surface area contributed by atoms with E-state index in [1.54, 1.807) is 26.0 Å². The van der Waals surface area contributed by atoms with Gasteiger partial charge in [0.05, 0.1) is 17.1 Å². The van der Waals surface area contributed by atoms with Crippen LogP contribution >= 0.6 is 0 Å². The minimum absolute atomic E-state index is 0.0897. The van der Waals surface area contributed by atoms with E-state index in [0.29, 0.717) is 0 Å². The van der Waals surface area contributed by atoms with Crippen LogP contribution in [0.4, 0.5) is 5.69 Å². The largest absolute Gasteiger partial charge is 0.484 e. The van der Waals surface area contributed by atoms with Crippen LogP contribution in [0.5, 0.6) is 5.75 Å². The van der Waals surface area contributed by atoms with Crippen LogP contribution in [0.25, 0.3) is 0 Å². The molecule has 0 fully saturated rings. The van der Waals surface area contributed by atoms with Crippen LogP contribution in [0, 0.1) is 28.4 Å². The highest BCUT2D eigenvalue weighted by Gasteiger charge is 2.24. The molecule has 0 aliphatic heterocycles. The zero-order chi connectivity index (χ0) is 14.6. The third-order valence-electron chi connectivity index (χ3n) is 2.61. The molecule has 19 heavy (non-hydrogen) atoms. The number of hydrogen-bond donors (Lipinski definition) is 1. The monoisotopic (exact) mass is 263 g/mol. The van der Waals surface area contributed by atoms with Crippen LogP contribution in [0.3, 0.4) is 0 Å². The number of hydrogen-bond acceptors (Lipinski definition) is 5. The van der Waals surface area contributed by atoms with E-state index in [-0.39, 0.29) is 17.9 Å². The first kappa shape index (κ1) is 14.9. The summed E-state index contributed by atoms with van der Waals surface area (Å²) in [5.41, 5.74) is 5.48. The zero-order valence-electron chi connectivity index (χ0n) is 11.2. The van der Waals surface area contributed by atoms with Gasteiger partial charge in [-0.25, -0.2) is 0 Å². The second-order valence-electron chi connectivity index (χ2n) is 4.89. The fourth-order valence-corrected chi connectivity index (χ4v) is 1.77. The molecule has 0 bridgehead atoms. The minimum Gasteiger partial charge on any atom is -0.484 e. The molecule has 0 aliphatic rings. The van der Waals surface area contributed by atoms with E-state index in [0.717, 1.165) is 5.56 Å². The molecule has 0 spiro atoms. The summed E-state index contributed by atoms with van der Waals surface area (Å²) in [6.45, 7) is 5.15. The van der Waals surface area contributed by atoms with Gasteiger partial charge >= 0.3 is 5.69 Å². The third-order valence-corrected chi connectivity index (χ3v) is 2.61. The van der Waals surface area contributed by atoms with Gasteiger partial charge in [0, 0.05) is 12.5 Å². The Morgan fingerprint density at radius 1 is 1.63 bits per heavy atom. The Balaban J connectivity index is 2.90. The summed E-state index contributed by atoms with van der Waals surface area (Å²) in [5, 5.41) is 19.8. The van der Waals surface area contributed by atoms with Crippen molar-refractivity contribution >= 4 is 5.69 Å². The number of nitro groups is 1. The average molecular weight is 263 g/mol. The lowest BCUT2D eigenvalue weighted by Gasteiger charge is -2.21. The summed E-state index contributed by atoms with van der Waals surface area (Å²) in [4.78, 5) is 10.4. The molecular formula is C13H17N3O3. The highest BCUT2D eigenvalue weighted by atomic mass is 16.6. The maximum Gasteiger partial charge on any atom is 0.310 e. The molecule has 1 aromatic rings. The van der Waals surface area contributed by atoms with Gasteiger partial charge in [-0.3, -0.25) is 10.1 Å². The van der Waals surface area contributed by atoms with Crippen molar-refractivity contribution in [3.05, 3.63) is 33.9 Å². The summed E-state index contributed by atoms with van der Waals surface area (Å²) < 4.78 is 5.55. The number of nitriles is 1. The molecule has 6 nitrogen and oxygen atoms in total. The first-order valence-corrected chi connectivity index (χ1v) is 5.87. The van der Waals surface area contributed by atoms with Crippen molar-refractivity contribution in [2.45, 2.75) is 38.8 Å². The first-order valence-electron chi connectivity index (χ1n) is 5.87. The Bertz CT molecular complexity index is 520. The second kappa shape index (κ2) is 5.67. The molecule has 1 aromatic carbocycles. The fourth-order valence-electron chi connectivity index (χ4n) is 1.77. The lowest BCUT2D eigenvalue weighted by atomic mass is 9.98. The standard InChI is InChI=1S/C13H17N3O3/c1-9-4-5-11(16(17)18)12(6-9)19-10(2)7-13(3,15)8-14/h4-6,10H,7,15H2,1-3H3. The molecule has 6 heteroatoms. The van der Waals surface area contributed by atoms with E-state index < -0.39 is 16.6 Å². The van der Waals surface area contributed by atoms with E-state index in [1.165, 1.54) is 6.07 Å². The van der Waals surface area contributed by atoms with Gasteiger partial charge in [-0.1, -0.05) is 6.07 Å². The Hall–Kier alpha value is -2.13. The van der Waals surface area contributed by atoms with Crippen molar-refractivity contribution in [2.24, 2.45) is 5.73 Å². The molecule has 0 radical (unpaired) electrons. The molecule has 0 amide bonds. The normalized spacial score (nSPS) is 15.1. The number of aryl methyl sites for hydroxylation is 1. The van der Waals surface area contributed by atoms with Crippen molar-refractivity contribution in [2.75, 3.05) is 0 Å². The van der Waals surface area contributed by atoms with Crippen molar-refractivity contribution in [1.82, 2.24) is 0 Å². The van der Waals surface area contributed by atoms with Gasteiger partial charge in [-0.2, -0.15) is 5.26 Å². The smallest absolute Gasteiger partial charge is 0.310 e. The predicted octanol–water partition coefficient (Wildman–Crippen LogP) is 2.30. The summed E-state index contributed by atoms with van der Waals surface area (Å²) in [6.07, 6.45) is -0.107. The van der Waals surface area contributed by atoms with Gasteiger partial charge in [-0.05, 0) is 32.4 Å². The van der Waals surface area contributed by atoms with Crippen LogP contribution in [0.2, 0.25) is 0 Å². The van der Waals surface area contributed by atoms with Crippen LogP contribution < -0.4 is 10.5 Å². The number of nitrogens with two attached hydrogens (primary N) is 1. The maximum absolute atomic E-state index is 10.9. The molecule has 0 aromatic heterocycles. The average Bonchev–Trinajstić information content (AvgIpc) is 2.27. The Labute approximate surface area is 111 Å². The van der Waals surface area contributed by atoms with Crippen molar-refractivity contribution in [1.29, 1.82) is 5.26 Å². The molecule has 2 N–H and O–H groups in total. The van der Waals surface area contributed by atoms with Gasteiger partial charge in [0.2, 0.25) is 0 Å². The van der Waals surface area contributed by atoms with E-state index in [2.05, 4.69) is 0 Å². The van der Waals surface area contributed by atoms with Gasteiger partial charge in [0.1, 0.15) is 5.54 Å².